The van der Waals surface area contributed by atoms with Gasteiger partial charge in [0.1, 0.15) is 0 Å². The number of aliphatic hydroxyl groups is 1. The summed E-state index contributed by atoms with van der Waals surface area (Å²) in [7, 11) is 0. The topological polar surface area (TPSA) is 46.2 Å². The molecule has 1 atom stereocenters. The van der Waals surface area contributed by atoms with E-state index in [9.17, 15) is 5.11 Å². The van der Waals surface area contributed by atoms with E-state index in [1.54, 1.807) is 13.8 Å². The second-order valence-electron chi connectivity index (χ2n) is 3.97. The Morgan fingerprint density at radius 1 is 1.23 bits per heavy atom. The molecule has 0 bridgehead atoms. The summed E-state index contributed by atoms with van der Waals surface area (Å²) in [6.07, 6.45) is 0. The van der Waals surface area contributed by atoms with Gasteiger partial charge in [0.05, 0.1) is 5.60 Å². The van der Waals surface area contributed by atoms with Crippen LogP contribution < -0.4 is 5.73 Å². The van der Waals surface area contributed by atoms with Crippen molar-refractivity contribution in [1.29, 1.82) is 0 Å². The van der Waals surface area contributed by atoms with Crippen molar-refractivity contribution in [2.45, 2.75) is 32.4 Å². The van der Waals surface area contributed by atoms with Gasteiger partial charge in [0.25, 0.3) is 0 Å². The molecular formula is C11H17NO. The van der Waals surface area contributed by atoms with Crippen LogP contribution in [-0.2, 0) is 5.60 Å². The summed E-state index contributed by atoms with van der Waals surface area (Å²) in [5.41, 5.74) is 6.95. The Labute approximate surface area is 79.4 Å². The summed E-state index contributed by atoms with van der Waals surface area (Å²) < 4.78 is 0. The summed E-state index contributed by atoms with van der Waals surface area (Å²) in [5, 5.41) is 9.69. The molecule has 0 unspecified atom stereocenters. The third-order valence-corrected chi connectivity index (χ3v) is 2.14. The lowest BCUT2D eigenvalue weighted by molar-refractivity contribution is 0.0786. The van der Waals surface area contributed by atoms with Gasteiger partial charge in [-0.15, -0.1) is 0 Å². The van der Waals surface area contributed by atoms with Gasteiger partial charge in [0.2, 0.25) is 0 Å². The molecule has 1 aromatic carbocycles. The Balaban J connectivity index is 2.94. The van der Waals surface area contributed by atoms with Crippen molar-refractivity contribution in [2.75, 3.05) is 0 Å². The monoisotopic (exact) mass is 179 g/mol. The minimum absolute atomic E-state index is 0.0517. The third-order valence-electron chi connectivity index (χ3n) is 2.14. The van der Waals surface area contributed by atoms with Crippen LogP contribution in [0.1, 0.15) is 37.9 Å². The molecular weight excluding hydrogens is 162 g/mol. The fraction of sp³-hybridized carbons (Fsp3) is 0.455. The molecule has 0 fully saturated rings. The summed E-state index contributed by atoms with van der Waals surface area (Å²) in [5.74, 6) is 0. The lowest BCUT2D eigenvalue weighted by Crippen LogP contribution is -2.15. The molecule has 3 N–H and O–H groups in total. The number of hydrogen-bond acceptors (Lipinski definition) is 2. The molecule has 0 saturated carbocycles. The van der Waals surface area contributed by atoms with E-state index < -0.39 is 5.60 Å². The van der Waals surface area contributed by atoms with E-state index in [4.69, 9.17) is 5.73 Å². The smallest absolute Gasteiger partial charge is 0.0840 e. The second-order valence-corrected chi connectivity index (χ2v) is 3.97. The minimum Gasteiger partial charge on any atom is -0.386 e. The molecule has 0 saturated heterocycles. The van der Waals surface area contributed by atoms with E-state index in [1.807, 2.05) is 31.2 Å². The predicted octanol–water partition coefficient (Wildman–Crippen LogP) is 1.93. The Hall–Kier alpha value is -0.860. The molecule has 0 amide bonds. The number of nitrogens with two attached hydrogens (primary N) is 1. The maximum absolute atomic E-state index is 9.69. The summed E-state index contributed by atoms with van der Waals surface area (Å²) in [6.45, 7) is 5.49. The van der Waals surface area contributed by atoms with Gasteiger partial charge < -0.3 is 10.8 Å². The standard InChI is InChI=1S/C11H17NO/c1-8(12)9-4-6-10(7-5-9)11(2,3)13/h4-8,13H,12H2,1-3H3/t8-/m1/s1. The summed E-state index contributed by atoms with van der Waals surface area (Å²) >= 11 is 0. The van der Waals surface area contributed by atoms with Crippen LogP contribution in [0.15, 0.2) is 24.3 Å². The zero-order chi connectivity index (χ0) is 10.1. The van der Waals surface area contributed by atoms with Crippen molar-refractivity contribution in [3.63, 3.8) is 0 Å². The minimum atomic E-state index is -0.767. The molecule has 0 aliphatic heterocycles. The van der Waals surface area contributed by atoms with E-state index in [-0.39, 0.29) is 6.04 Å². The van der Waals surface area contributed by atoms with Crippen LogP contribution in [-0.4, -0.2) is 5.11 Å². The van der Waals surface area contributed by atoms with Gasteiger partial charge in [0.15, 0.2) is 0 Å². The molecule has 1 rings (SSSR count). The maximum Gasteiger partial charge on any atom is 0.0840 e. The fourth-order valence-electron chi connectivity index (χ4n) is 1.19. The van der Waals surface area contributed by atoms with Gasteiger partial charge in [0, 0.05) is 6.04 Å². The van der Waals surface area contributed by atoms with E-state index in [2.05, 4.69) is 0 Å². The summed E-state index contributed by atoms with van der Waals surface area (Å²) in [6, 6.07) is 7.80. The highest BCUT2D eigenvalue weighted by molar-refractivity contribution is 5.27. The highest BCUT2D eigenvalue weighted by Crippen LogP contribution is 2.21. The molecule has 0 aliphatic rings. The van der Waals surface area contributed by atoms with E-state index in [0.29, 0.717) is 0 Å². The quantitative estimate of drug-likeness (QED) is 0.728. The Kier molecular flexibility index (Phi) is 2.74. The molecule has 13 heavy (non-hydrogen) atoms. The average molecular weight is 179 g/mol. The second kappa shape index (κ2) is 3.48. The van der Waals surface area contributed by atoms with Gasteiger partial charge in [-0.2, -0.15) is 0 Å². The lowest BCUT2D eigenvalue weighted by atomic mass is 9.96. The van der Waals surface area contributed by atoms with E-state index in [1.165, 1.54) is 0 Å². The zero-order valence-electron chi connectivity index (χ0n) is 8.41. The van der Waals surface area contributed by atoms with Gasteiger partial charge in [-0.3, -0.25) is 0 Å². The number of hydrogen-bond donors (Lipinski definition) is 2. The van der Waals surface area contributed by atoms with Crippen molar-refractivity contribution < 1.29 is 5.11 Å². The molecule has 0 radical (unpaired) electrons. The van der Waals surface area contributed by atoms with Crippen LogP contribution >= 0.6 is 0 Å². The highest BCUT2D eigenvalue weighted by Gasteiger charge is 2.15. The molecule has 0 heterocycles. The first-order valence-electron chi connectivity index (χ1n) is 4.49. The third kappa shape index (κ3) is 2.54. The molecule has 2 heteroatoms. The Morgan fingerprint density at radius 3 is 2.00 bits per heavy atom. The van der Waals surface area contributed by atoms with Crippen LogP contribution in [0, 0.1) is 0 Å². The normalized spacial score (nSPS) is 14.2. The maximum atomic E-state index is 9.69. The largest absolute Gasteiger partial charge is 0.386 e. The number of benzene rings is 1. The molecule has 72 valence electrons. The van der Waals surface area contributed by atoms with Crippen molar-refractivity contribution in [2.24, 2.45) is 5.73 Å². The Bertz CT molecular complexity index is 269. The van der Waals surface area contributed by atoms with E-state index in [0.717, 1.165) is 11.1 Å². The van der Waals surface area contributed by atoms with Crippen molar-refractivity contribution in [3.8, 4) is 0 Å². The molecule has 0 aliphatic carbocycles. The fourth-order valence-corrected chi connectivity index (χ4v) is 1.19. The first-order valence-corrected chi connectivity index (χ1v) is 4.49. The SMILES string of the molecule is C[C@@H](N)c1ccc(C(C)(C)O)cc1. The molecule has 0 spiro atoms. The Morgan fingerprint density at radius 2 is 1.69 bits per heavy atom. The van der Waals surface area contributed by atoms with Crippen molar-refractivity contribution >= 4 is 0 Å². The van der Waals surface area contributed by atoms with Crippen molar-refractivity contribution in [3.05, 3.63) is 35.4 Å². The van der Waals surface area contributed by atoms with Crippen molar-refractivity contribution in [1.82, 2.24) is 0 Å². The van der Waals surface area contributed by atoms with Gasteiger partial charge in [-0.1, -0.05) is 24.3 Å². The highest BCUT2D eigenvalue weighted by atomic mass is 16.3. The van der Waals surface area contributed by atoms with Crippen LogP contribution in [0.25, 0.3) is 0 Å². The first kappa shape index (κ1) is 10.2. The van der Waals surface area contributed by atoms with Gasteiger partial charge in [-0.05, 0) is 31.9 Å². The molecule has 2 nitrogen and oxygen atoms in total. The van der Waals surface area contributed by atoms with Crippen LogP contribution in [0.2, 0.25) is 0 Å². The van der Waals surface area contributed by atoms with Gasteiger partial charge in [-0.25, -0.2) is 0 Å². The zero-order valence-corrected chi connectivity index (χ0v) is 8.41. The molecule has 0 aromatic heterocycles. The van der Waals surface area contributed by atoms with Crippen LogP contribution in [0.4, 0.5) is 0 Å². The molecule has 1 aromatic rings. The van der Waals surface area contributed by atoms with Gasteiger partial charge >= 0.3 is 0 Å². The predicted molar refractivity (Wildman–Crippen MR) is 54.3 cm³/mol. The average Bonchev–Trinajstić information content (AvgIpc) is 2.03. The first-order chi connectivity index (χ1) is 5.91. The van der Waals surface area contributed by atoms with E-state index >= 15 is 0 Å². The van der Waals surface area contributed by atoms with Crippen LogP contribution in [0.5, 0.6) is 0 Å². The summed E-state index contributed by atoms with van der Waals surface area (Å²) in [4.78, 5) is 0. The lowest BCUT2D eigenvalue weighted by Gasteiger charge is -2.18. The van der Waals surface area contributed by atoms with Crippen LogP contribution in [0.3, 0.4) is 0 Å². The number of rotatable bonds is 2.